The number of halogens is 1. The van der Waals surface area contributed by atoms with Gasteiger partial charge in [0, 0.05) is 29.4 Å². The summed E-state index contributed by atoms with van der Waals surface area (Å²) < 4.78 is 0. The van der Waals surface area contributed by atoms with Crippen molar-refractivity contribution in [2.75, 3.05) is 12.3 Å². The number of nitrogens with one attached hydrogen (secondary N) is 1. The van der Waals surface area contributed by atoms with E-state index in [9.17, 15) is 9.59 Å². The summed E-state index contributed by atoms with van der Waals surface area (Å²) in [6.45, 7) is 7.20. The third kappa shape index (κ3) is 8.87. The summed E-state index contributed by atoms with van der Waals surface area (Å²) in [5, 5.41) is 3.73. The van der Waals surface area contributed by atoms with Gasteiger partial charge in [-0.15, -0.1) is 11.8 Å². The zero-order valence-corrected chi connectivity index (χ0v) is 21.0. The Labute approximate surface area is 202 Å². The first-order chi connectivity index (χ1) is 15.4. The van der Waals surface area contributed by atoms with Gasteiger partial charge >= 0.3 is 0 Å². The Morgan fingerprint density at radius 1 is 1.03 bits per heavy atom. The van der Waals surface area contributed by atoms with E-state index in [4.69, 9.17) is 11.6 Å². The van der Waals surface area contributed by atoms with Crippen LogP contribution >= 0.6 is 23.4 Å². The number of hydrogen-bond donors (Lipinski definition) is 1. The van der Waals surface area contributed by atoms with Crippen LogP contribution in [0.15, 0.2) is 53.4 Å². The van der Waals surface area contributed by atoms with Crippen LogP contribution in [-0.4, -0.2) is 35.1 Å². The SMILES string of the molecule is CCCCNC(=O)[C@@H](CC)N(Cc1ccc(C)cc1)C(=O)CCCSc1ccc(Cl)cc1. The number of benzene rings is 2. The molecule has 0 spiro atoms. The smallest absolute Gasteiger partial charge is 0.242 e. The third-order valence-electron chi connectivity index (χ3n) is 5.31. The number of carbonyl (C=O) groups is 2. The highest BCUT2D eigenvalue weighted by Crippen LogP contribution is 2.22. The first kappa shape index (κ1) is 26.3. The van der Waals surface area contributed by atoms with Gasteiger partial charge < -0.3 is 10.2 Å². The van der Waals surface area contributed by atoms with Crippen molar-refractivity contribution < 1.29 is 9.59 Å². The fourth-order valence-corrected chi connectivity index (χ4v) is 4.38. The Morgan fingerprint density at radius 3 is 2.34 bits per heavy atom. The minimum atomic E-state index is -0.454. The number of unbranched alkanes of at least 4 members (excludes halogenated alkanes) is 1. The van der Waals surface area contributed by atoms with Crippen LogP contribution < -0.4 is 5.32 Å². The van der Waals surface area contributed by atoms with E-state index in [1.165, 1.54) is 5.56 Å². The fourth-order valence-electron chi connectivity index (χ4n) is 3.40. The second-order valence-corrected chi connectivity index (χ2v) is 9.59. The lowest BCUT2D eigenvalue weighted by molar-refractivity contribution is -0.141. The van der Waals surface area contributed by atoms with Crippen molar-refractivity contribution >= 4 is 35.2 Å². The normalized spacial score (nSPS) is 11.8. The summed E-state index contributed by atoms with van der Waals surface area (Å²) in [7, 11) is 0. The first-order valence-corrected chi connectivity index (χ1v) is 12.8. The molecule has 0 aliphatic heterocycles. The summed E-state index contributed by atoms with van der Waals surface area (Å²) in [5.74, 6) is 0.808. The summed E-state index contributed by atoms with van der Waals surface area (Å²) in [6.07, 6.45) is 3.73. The minimum Gasteiger partial charge on any atom is -0.354 e. The number of aryl methyl sites for hydroxylation is 1. The van der Waals surface area contributed by atoms with E-state index in [-0.39, 0.29) is 11.8 Å². The average molecular weight is 475 g/mol. The molecule has 2 aromatic rings. The molecule has 0 saturated carbocycles. The maximum atomic E-state index is 13.2. The van der Waals surface area contributed by atoms with Crippen LogP contribution in [0.5, 0.6) is 0 Å². The average Bonchev–Trinajstić information content (AvgIpc) is 2.79. The van der Waals surface area contributed by atoms with Crippen molar-refractivity contribution in [3.05, 3.63) is 64.7 Å². The summed E-state index contributed by atoms with van der Waals surface area (Å²) >= 11 is 7.65. The van der Waals surface area contributed by atoms with E-state index in [1.54, 1.807) is 16.7 Å². The molecule has 0 radical (unpaired) electrons. The van der Waals surface area contributed by atoms with E-state index in [0.29, 0.717) is 25.9 Å². The van der Waals surface area contributed by atoms with Crippen LogP contribution in [0.4, 0.5) is 0 Å². The molecule has 1 atom stereocenters. The van der Waals surface area contributed by atoms with Crippen LogP contribution in [0, 0.1) is 6.92 Å². The molecule has 2 amide bonds. The molecule has 0 bridgehead atoms. The highest BCUT2D eigenvalue weighted by Gasteiger charge is 2.28. The van der Waals surface area contributed by atoms with Crippen LogP contribution in [-0.2, 0) is 16.1 Å². The molecule has 32 heavy (non-hydrogen) atoms. The molecule has 0 fully saturated rings. The number of hydrogen-bond acceptors (Lipinski definition) is 3. The van der Waals surface area contributed by atoms with Crippen molar-refractivity contribution in [3.8, 4) is 0 Å². The van der Waals surface area contributed by atoms with Gasteiger partial charge in [-0.1, -0.05) is 61.7 Å². The van der Waals surface area contributed by atoms with Gasteiger partial charge in [0.1, 0.15) is 6.04 Å². The van der Waals surface area contributed by atoms with E-state index in [1.807, 2.05) is 62.4 Å². The number of thioether (sulfide) groups is 1. The molecule has 174 valence electrons. The largest absolute Gasteiger partial charge is 0.354 e. The minimum absolute atomic E-state index is 0.0276. The molecular formula is C26H35ClN2O2S. The van der Waals surface area contributed by atoms with E-state index in [2.05, 4.69) is 12.2 Å². The molecule has 2 rings (SSSR count). The zero-order chi connectivity index (χ0) is 23.3. The van der Waals surface area contributed by atoms with Gasteiger partial charge in [-0.2, -0.15) is 0 Å². The molecular weight excluding hydrogens is 440 g/mol. The summed E-state index contributed by atoms with van der Waals surface area (Å²) in [4.78, 5) is 29.0. The van der Waals surface area contributed by atoms with E-state index < -0.39 is 6.04 Å². The van der Waals surface area contributed by atoms with Gasteiger partial charge in [0.15, 0.2) is 0 Å². The van der Waals surface area contributed by atoms with Gasteiger partial charge in [-0.05, 0) is 61.8 Å². The first-order valence-electron chi connectivity index (χ1n) is 11.5. The fraction of sp³-hybridized carbons (Fsp3) is 0.462. The van der Waals surface area contributed by atoms with Gasteiger partial charge in [0.25, 0.3) is 0 Å². The Balaban J connectivity index is 2.02. The quantitative estimate of drug-likeness (QED) is 0.276. The lowest BCUT2D eigenvalue weighted by atomic mass is 10.1. The topological polar surface area (TPSA) is 49.4 Å². The second-order valence-electron chi connectivity index (χ2n) is 7.98. The zero-order valence-electron chi connectivity index (χ0n) is 19.4. The standard InChI is InChI=1S/C26H35ClN2O2S/c1-4-6-17-28-26(31)24(5-2)29(19-21-11-9-20(3)10-12-21)25(30)8-7-18-32-23-15-13-22(27)14-16-23/h9-16,24H,4-8,17-19H2,1-3H3,(H,28,31)/t24-/m1/s1. The molecule has 0 aliphatic rings. The molecule has 0 aliphatic carbocycles. The number of amides is 2. The highest BCUT2D eigenvalue weighted by molar-refractivity contribution is 7.99. The lowest BCUT2D eigenvalue weighted by Gasteiger charge is -2.31. The molecule has 0 heterocycles. The lowest BCUT2D eigenvalue weighted by Crippen LogP contribution is -2.49. The molecule has 6 heteroatoms. The van der Waals surface area contributed by atoms with Gasteiger partial charge in [0.2, 0.25) is 11.8 Å². The maximum Gasteiger partial charge on any atom is 0.242 e. The van der Waals surface area contributed by atoms with Gasteiger partial charge in [-0.3, -0.25) is 9.59 Å². The number of rotatable bonds is 13. The van der Waals surface area contributed by atoms with Crippen LogP contribution in [0.25, 0.3) is 0 Å². The Hall–Kier alpha value is -1.98. The molecule has 0 saturated heterocycles. The maximum absolute atomic E-state index is 13.2. The van der Waals surface area contributed by atoms with E-state index >= 15 is 0 Å². The van der Waals surface area contributed by atoms with E-state index in [0.717, 1.165) is 40.5 Å². The predicted molar refractivity (Wildman–Crippen MR) is 135 cm³/mol. The molecule has 0 aromatic heterocycles. The van der Waals surface area contributed by atoms with Crippen molar-refractivity contribution in [1.29, 1.82) is 0 Å². The monoisotopic (exact) mass is 474 g/mol. The predicted octanol–water partition coefficient (Wildman–Crippen LogP) is 6.24. The van der Waals surface area contributed by atoms with Crippen LogP contribution in [0.3, 0.4) is 0 Å². The highest BCUT2D eigenvalue weighted by atomic mass is 35.5. The summed E-state index contributed by atoms with van der Waals surface area (Å²) in [6, 6.07) is 15.4. The molecule has 0 unspecified atom stereocenters. The number of nitrogens with zero attached hydrogens (tertiary/aromatic N) is 1. The van der Waals surface area contributed by atoms with Crippen molar-refractivity contribution in [2.45, 2.75) is 70.4 Å². The Morgan fingerprint density at radius 2 is 1.72 bits per heavy atom. The van der Waals surface area contributed by atoms with Crippen LogP contribution in [0.2, 0.25) is 5.02 Å². The molecule has 1 N–H and O–H groups in total. The van der Waals surface area contributed by atoms with Gasteiger partial charge in [0.05, 0.1) is 0 Å². The van der Waals surface area contributed by atoms with Crippen LogP contribution in [0.1, 0.15) is 57.1 Å². The molecule has 2 aromatic carbocycles. The number of carbonyl (C=O) groups excluding carboxylic acids is 2. The second kappa shape index (κ2) is 14.2. The van der Waals surface area contributed by atoms with Crippen molar-refractivity contribution in [2.24, 2.45) is 0 Å². The van der Waals surface area contributed by atoms with Crippen molar-refractivity contribution in [3.63, 3.8) is 0 Å². The Bertz CT molecular complexity index is 840. The van der Waals surface area contributed by atoms with Crippen molar-refractivity contribution in [1.82, 2.24) is 10.2 Å². The molecule has 4 nitrogen and oxygen atoms in total. The third-order valence-corrected chi connectivity index (χ3v) is 6.66. The Kier molecular flexibility index (Phi) is 11.7. The summed E-state index contributed by atoms with van der Waals surface area (Å²) in [5.41, 5.74) is 2.22. The van der Waals surface area contributed by atoms with Gasteiger partial charge in [-0.25, -0.2) is 0 Å².